The topological polar surface area (TPSA) is 57.5 Å². The number of Topliss-reactive ketones (excluding diaryl/α,β-unsaturated/α-hetero) is 1. The summed E-state index contributed by atoms with van der Waals surface area (Å²) in [6.07, 6.45) is 6.93. The first-order valence-electron chi connectivity index (χ1n) is 9.24. The minimum absolute atomic E-state index is 0.00975. The van der Waals surface area contributed by atoms with Crippen molar-refractivity contribution in [2.45, 2.75) is 77.4 Å². The summed E-state index contributed by atoms with van der Waals surface area (Å²) in [5.74, 6) is 2.11. The van der Waals surface area contributed by atoms with E-state index in [1.807, 2.05) is 0 Å². The summed E-state index contributed by atoms with van der Waals surface area (Å²) in [6.45, 7) is 4.64. The molecule has 0 aromatic rings. The van der Waals surface area contributed by atoms with Crippen LogP contribution in [0.4, 0.5) is 0 Å². The molecule has 3 heteroatoms. The van der Waals surface area contributed by atoms with Crippen LogP contribution in [-0.4, -0.2) is 28.2 Å². The smallest absolute Gasteiger partial charge is 0.133 e. The van der Waals surface area contributed by atoms with E-state index in [1.165, 1.54) is 0 Å². The number of hydrogen-bond acceptors (Lipinski definition) is 3. The van der Waals surface area contributed by atoms with Gasteiger partial charge in [0.15, 0.2) is 0 Å². The summed E-state index contributed by atoms with van der Waals surface area (Å²) < 4.78 is 0. The third kappa shape index (κ3) is 1.84. The molecule has 0 aromatic heterocycles. The van der Waals surface area contributed by atoms with E-state index in [9.17, 15) is 15.0 Å². The van der Waals surface area contributed by atoms with Crippen LogP contribution in [0.25, 0.3) is 0 Å². The van der Waals surface area contributed by atoms with Gasteiger partial charge in [0, 0.05) is 12.8 Å². The minimum Gasteiger partial charge on any atom is -0.393 e. The Balaban J connectivity index is 1.68. The van der Waals surface area contributed by atoms with Crippen molar-refractivity contribution in [3.63, 3.8) is 0 Å². The van der Waals surface area contributed by atoms with Crippen LogP contribution in [-0.2, 0) is 4.79 Å². The molecule has 4 rings (SSSR count). The van der Waals surface area contributed by atoms with Crippen LogP contribution in [0.2, 0.25) is 0 Å². The zero-order chi connectivity index (χ0) is 15.7. The Kier molecular flexibility index (Phi) is 3.30. The number of ketones is 1. The second-order valence-corrected chi connectivity index (χ2v) is 9.18. The molecule has 2 N–H and O–H groups in total. The number of fused-ring (bicyclic) bond motifs is 5. The van der Waals surface area contributed by atoms with Crippen molar-refractivity contribution < 1.29 is 15.0 Å². The van der Waals surface area contributed by atoms with Crippen molar-refractivity contribution in [3.8, 4) is 0 Å². The zero-order valence-corrected chi connectivity index (χ0v) is 13.9. The number of aliphatic hydroxyl groups is 2. The fourth-order valence-electron chi connectivity index (χ4n) is 6.99. The molecule has 0 radical (unpaired) electrons. The molecular weight excluding hydrogens is 276 g/mol. The lowest BCUT2D eigenvalue weighted by molar-refractivity contribution is -0.171. The maximum absolute atomic E-state index is 11.9. The fourth-order valence-corrected chi connectivity index (χ4v) is 6.99. The molecule has 4 saturated carbocycles. The normalized spacial score (nSPS) is 57.9. The van der Waals surface area contributed by atoms with Crippen LogP contribution in [0.3, 0.4) is 0 Å². The largest absolute Gasteiger partial charge is 0.393 e. The maximum atomic E-state index is 11.9. The van der Waals surface area contributed by atoms with Gasteiger partial charge in [0.2, 0.25) is 0 Å². The van der Waals surface area contributed by atoms with Crippen LogP contribution in [0.1, 0.15) is 65.2 Å². The van der Waals surface area contributed by atoms with Crippen molar-refractivity contribution in [1.29, 1.82) is 0 Å². The van der Waals surface area contributed by atoms with Gasteiger partial charge in [-0.1, -0.05) is 13.8 Å². The van der Waals surface area contributed by atoms with Gasteiger partial charge in [-0.05, 0) is 73.0 Å². The molecule has 0 aromatic carbocycles. The average molecular weight is 306 g/mol. The number of hydrogen-bond donors (Lipinski definition) is 2. The van der Waals surface area contributed by atoms with E-state index in [1.54, 1.807) is 0 Å². The summed E-state index contributed by atoms with van der Waals surface area (Å²) in [5, 5.41) is 21.4. The van der Waals surface area contributed by atoms with Crippen LogP contribution < -0.4 is 0 Å². The highest BCUT2D eigenvalue weighted by Crippen LogP contribution is 2.65. The van der Waals surface area contributed by atoms with Crippen LogP contribution >= 0.6 is 0 Å². The minimum atomic E-state index is -0.274. The standard InChI is InChI=1S/C19H30O3/c1-18-7-5-12(20)9-11(18)10-15(21)17-13-3-4-16(22)19(13,2)8-6-14(17)18/h11,13-17,21-22H,3-10H2,1-2H3/t11-,13+,14+,15-,16+,17?,18+,19+/m1/s1. The molecule has 4 aliphatic rings. The lowest BCUT2D eigenvalue weighted by Crippen LogP contribution is -2.58. The van der Waals surface area contributed by atoms with E-state index in [0.29, 0.717) is 35.9 Å². The van der Waals surface area contributed by atoms with Gasteiger partial charge in [0.1, 0.15) is 5.78 Å². The second-order valence-electron chi connectivity index (χ2n) is 9.18. The van der Waals surface area contributed by atoms with Gasteiger partial charge < -0.3 is 10.2 Å². The Morgan fingerprint density at radius 1 is 1.00 bits per heavy atom. The molecule has 0 saturated heterocycles. The summed E-state index contributed by atoms with van der Waals surface area (Å²) in [5.41, 5.74) is 0.239. The first kappa shape index (κ1) is 15.1. The molecule has 1 unspecified atom stereocenters. The van der Waals surface area contributed by atoms with Gasteiger partial charge in [-0.25, -0.2) is 0 Å². The van der Waals surface area contributed by atoms with Crippen LogP contribution in [0, 0.1) is 34.5 Å². The van der Waals surface area contributed by atoms with Crippen LogP contribution in [0.5, 0.6) is 0 Å². The third-order valence-corrected chi connectivity index (χ3v) is 8.45. The predicted octanol–water partition coefficient (Wildman–Crippen LogP) is 2.93. The van der Waals surface area contributed by atoms with E-state index in [2.05, 4.69) is 13.8 Å². The van der Waals surface area contributed by atoms with Gasteiger partial charge in [-0.2, -0.15) is 0 Å². The van der Waals surface area contributed by atoms with Gasteiger partial charge in [0.05, 0.1) is 12.2 Å². The summed E-state index contributed by atoms with van der Waals surface area (Å²) >= 11 is 0. The second kappa shape index (κ2) is 4.80. The highest BCUT2D eigenvalue weighted by atomic mass is 16.3. The molecule has 22 heavy (non-hydrogen) atoms. The lowest BCUT2D eigenvalue weighted by atomic mass is 9.44. The van der Waals surface area contributed by atoms with Crippen LogP contribution in [0.15, 0.2) is 0 Å². The molecule has 4 fully saturated rings. The molecule has 124 valence electrons. The Morgan fingerprint density at radius 2 is 1.73 bits per heavy atom. The first-order valence-corrected chi connectivity index (χ1v) is 9.24. The van der Waals surface area contributed by atoms with Gasteiger partial charge in [0.25, 0.3) is 0 Å². The summed E-state index contributed by atoms with van der Waals surface area (Å²) in [6, 6.07) is 0. The zero-order valence-electron chi connectivity index (χ0n) is 13.9. The molecule has 0 amide bonds. The predicted molar refractivity (Wildman–Crippen MR) is 84.1 cm³/mol. The fraction of sp³-hybridized carbons (Fsp3) is 0.947. The summed E-state index contributed by atoms with van der Waals surface area (Å²) in [7, 11) is 0. The quantitative estimate of drug-likeness (QED) is 0.723. The van der Waals surface area contributed by atoms with Crippen molar-refractivity contribution in [1.82, 2.24) is 0 Å². The van der Waals surface area contributed by atoms with Crippen molar-refractivity contribution in [2.24, 2.45) is 34.5 Å². The van der Waals surface area contributed by atoms with Crippen molar-refractivity contribution in [3.05, 3.63) is 0 Å². The van der Waals surface area contributed by atoms with E-state index < -0.39 is 0 Å². The highest BCUT2D eigenvalue weighted by Gasteiger charge is 2.62. The average Bonchev–Trinajstić information content (AvgIpc) is 2.77. The Bertz CT molecular complexity index is 489. The van der Waals surface area contributed by atoms with Gasteiger partial charge in [-0.3, -0.25) is 4.79 Å². The van der Waals surface area contributed by atoms with E-state index in [0.717, 1.165) is 44.9 Å². The lowest BCUT2D eigenvalue weighted by Gasteiger charge is -2.61. The highest BCUT2D eigenvalue weighted by molar-refractivity contribution is 5.79. The number of aliphatic hydroxyl groups excluding tert-OH is 2. The third-order valence-electron chi connectivity index (χ3n) is 8.45. The molecule has 0 bridgehead atoms. The maximum Gasteiger partial charge on any atom is 0.133 e. The molecule has 0 spiro atoms. The Morgan fingerprint density at radius 3 is 2.50 bits per heavy atom. The Hall–Kier alpha value is -0.410. The van der Waals surface area contributed by atoms with E-state index in [-0.39, 0.29) is 23.0 Å². The van der Waals surface area contributed by atoms with Gasteiger partial charge in [-0.15, -0.1) is 0 Å². The molecule has 8 atom stereocenters. The van der Waals surface area contributed by atoms with Crippen molar-refractivity contribution in [2.75, 3.05) is 0 Å². The molecule has 3 nitrogen and oxygen atoms in total. The molecule has 0 heterocycles. The molecular formula is C19H30O3. The molecule has 4 aliphatic carbocycles. The number of carbonyl (C=O) groups excluding carboxylic acids is 1. The first-order chi connectivity index (χ1) is 10.4. The number of rotatable bonds is 0. The SMILES string of the molecule is C[C@]12CCC(=O)C[C@@H]1C[C@@H](O)C1[C@@H]2CC[C@]2(C)[C@@H](O)CC[C@@H]12. The summed E-state index contributed by atoms with van der Waals surface area (Å²) in [4.78, 5) is 11.9. The van der Waals surface area contributed by atoms with Gasteiger partial charge >= 0.3 is 0 Å². The molecule has 0 aliphatic heterocycles. The van der Waals surface area contributed by atoms with Crippen molar-refractivity contribution >= 4 is 5.78 Å². The monoisotopic (exact) mass is 306 g/mol. The Labute approximate surface area is 133 Å². The number of carbonyl (C=O) groups is 1. The van der Waals surface area contributed by atoms with E-state index in [4.69, 9.17) is 0 Å². The van der Waals surface area contributed by atoms with E-state index >= 15 is 0 Å².